The average Bonchev–Trinajstić information content (AvgIpc) is 2.59. The number of benzene rings is 1. The first-order valence-corrected chi connectivity index (χ1v) is 10.5. The molecule has 1 saturated carbocycles. The van der Waals surface area contributed by atoms with E-state index in [9.17, 15) is 4.21 Å². The number of halogens is 2. The van der Waals surface area contributed by atoms with Crippen molar-refractivity contribution in [3.8, 4) is 0 Å². The first-order chi connectivity index (χ1) is 11.5. The van der Waals surface area contributed by atoms with Gasteiger partial charge >= 0.3 is 0 Å². The van der Waals surface area contributed by atoms with E-state index in [0.717, 1.165) is 43.0 Å². The van der Waals surface area contributed by atoms with Crippen molar-refractivity contribution >= 4 is 40.0 Å². The highest BCUT2D eigenvalue weighted by molar-refractivity contribution is 7.85. The molecule has 0 bridgehead atoms. The van der Waals surface area contributed by atoms with Gasteiger partial charge in [0.1, 0.15) is 0 Å². The Bertz CT molecular complexity index is 609. The highest BCUT2D eigenvalue weighted by atomic mass is 35.5. The normalized spacial score (nSPS) is 22.9. The summed E-state index contributed by atoms with van der Waals surface area (Å²) < 4.78 is 12.1. The van der Waals surface area contributed by atoms with Crippen molar-refractivity contribution in [3.05, 3.63) is 33.8 Å². The van der Waals surface area contributed by atoms with E-state index >= 15 is 0 Å². The van der Waals surface area contributed by atoms with E-state index in [4.69, 9.17) is 23.2 Å². The zero-order chi connectivity index (χ0) is 17.5. The van der Waals surface area contributed by atoms with Crippen molar-refractivity contribution < 1.29 is 4.21 Å². The second-order valence-electron chi connectivity index (χ2n) is 5.96. The van der Waals surface area contributed by atoms with Crippen LogP contribution in [0.25, 0.3) is 0 Å². The standard InChI is InChI=1S/C17H25Cl2N3OS/c1-3-24(23)15-6-4-5-14(10-15)22-17(20-2)21-11-12-7-8-13(18)9-16(12)19/h7-9,14-15H,3-6,10-11H2,1-2H3,(H2,20,21,22). The molecule has 24 heavy (non-hydrogen) atoms. The highest BCUT2D eigenvalue weighted by Crippen LogP contribution is 2.23. The SMILES string of the molecule is CCS(=O)C1CCCC(NC(=NC)NCc2ccc(Cl)cc2Cl)C1. The molecule has 1 aromatic carbocycles. The third kappa shape index (κ3) is 5.64. The fourth-order valence-electron chi connectivity index (χ4n) is 2.98. The molecule has 3 atom stereocenters. The van der Waals surface area contributed by atoms with Crippen molar-refractivity contribution in [2.75, 3.05) is 12.8 Å². The van der Waals surface area contributed by atoms with Crippen LogP contribution in [-0.4, -0.2) is 34.3 Å². The van der Waals surface area contributed by atoms with Gasteiger partial charge in [-0.25, -0.2) is 0 Å². The molecule has 4 nitrogen and oxygen atoms in total. The summed E-state index contributed by atoms with van der Waals surface area (Å²) in [7, 11) is 1.03. The summed E-state index contributed by atoms with van der Waals surface area (Å²) in [6.07, 6.45) is 4.18. The number of nitrogens with zero attached hydrogens (tertiary/aromatic N) is 1. The maximum absolute atomic E-state index is 12.1. The predicted molar refractivity (Wildman–Crippen MR) is 105 cm³/mol. The lowest BCUT2D eigenvalue weighted by atomic mass is 9.95. The highest BCUT2D eigenvalue weighted by Gasteiger charge is 2.26. The topological polar surface area (TPSA) is 53.5 Å². The van der Waals surface area contributed by atoms with Gasteiger partial charge in [-0.05, 0) is 37.0 Å². The monoisotopic (exact) mass is 389 g/mol. The van der Waals surface area contributed by atoms with Gasteiger partial charge < -0.3 is 10.6 Å². The minimum atomic E-state index is -0.720. The van der Waals surface area contributed by atoms with Gasteiger partial charge in [0.05, 0.1) is 0 Å². The third-order valence-electron chi connectivity index (χ3n) is 4.31. The minimum absolute atomic E-state index is 0.296. The fraction of sp³-hybridized carbons (Fsp3) is 0.588. The van der Waals surface area contributed by atoms with Crippen LogP contribution >= 0.6 is 23.2 Å². The number of hydrogen-bond donors (Lipinski definition) is 2. The van der Waals surface area contributed by atoms with Gasteiger partial charge in [0, 0.05) is 51.5 Å². The van der Waals surface area contributed by atoms with Crippen LogP contribution in [0.1, 0.15) is 38.2 Å². The minimum Gasteiger partial charge on any atom is -0.354 e. The molecule has 1 fully saturated rings. The molecule has 1 aliphatic rings. The van der Waals surface area contributed by atoms with Gasteiger partial charge in [-0.2, -0.15) is 0 Å². The van der Waals surface area contributed by atoms with Crippen LogP contribution in [0.5, 0.6) is 0 Å². The van der Waals surface area contributed by atoms with Crippen LogP contribution in [0, 0.1) is 0 Å². The lowest BCUT2D eigenvalue weighted by Crippen LogP contribution is -2.46. The molecule has 0 radical (unpaired) electrons. The quantitative estimate of drug-likeness (QED) is 0.595. The van der Waals surface area contributed by atoms with Gasteiger partial charge in [0.2, 0.25) is 0 Å². The van der Waals surface area contributed by atoms with Crippen molar-refractivity contribution in [2.24, 2.45) is 4.99 Å². The molecule has 2 N–H and O–H groups in total. The Kier molecular flexibility index (Phi) is 7.85. The van der Waals surface area contributed by atoms with E-state index in [2.05, 4.69) is 15.6 Å². The summed E-state index contributed by atoms with van der Waals surface area (Å²) in [4.78, 5) is 4.28. The molecule has 2 rings (SSSR count). The Balaban J connectivity index is 1.89. The van der Waals surface area contributed by atoms with Crippen LogP contribution in [0.3, 0.4) is 0 Å². The predicted octanol–water partition coefficient (Wildman–Crippen LogP) is 3.74. The number of rotatable bonds is 5. The number of hydrogen-bond acceptors (Lipinski definition) is 2. The largest absolute Gasteiger partial charge is 0.354 e. The first kappa shape index (κ1) is 19.5. The summed E-state index contributed by atoms with van der Waals surface area (Å²) in [5.41, 5.74) is 0.970. The van der Waals surface area contributed by atoms with E-state index in [-0.39, 0.29) is 0 Å². The Hall–Kier alpha value is -0.780. The number of guanidine groups is 1. The van der Waals surface area contributed by atoms with Crippen LogP contribution < -0.4 is 10.6 Å². The summed E-state index contributed by atoms with van der Waals surface area (Å²) in [5, 5.41) is 8.30. The van der Waals surface area contributed by atoms with Gasteiger partial charge in [-0.15, -0.1) is 0 Å². The molecule has 7 heteroatoms. The molecule has 0 amide bonds. The van der Waals surface area contributed by atoms with Gasteiger partial charge in [-0.3, -0.25) is 9.20 Å². The van der Waals surface area contributed by atoms with Crippen molar-refractivity contribution in [2.45, 2.75) is 50.4 Å². The molecule has 1 aromatic rings. The summed E-state index contributed by atoms with van der Waals surface area (Å²) in [6, 6.07) is 5.78. The van der Waals surface area contributed by atoms with E-state index in [0.29, 0.717) is 27.9 Å². The zero-order valence-corrected chi connectivity index (χ0v) is 16.5. The Morgan fingerprint density at radius 3 is 2.83 bits per heavy atom. The number of nitrogens with one attached hydrogen (secondary N) is 2. The van der Waals surface area contributed by atoms with Crippen molar-refractivity contribution in [1.82, 2.24) is 10.6 Å². The average molecular weight is 390 g/mol. The molecule has 0 heterocycles. The summed E-state index contributed by atoms with van der Waals surface area (Å²) in [5.74, 6) is 1.48. The fourth-order valence-corrected chi connectivity index (χ4v) is 4.81. The van der Waals surface area contributed by atoms with E-state index < -0.39 is 10.8 Å². The van der Waals surface area contributed by atoms with Crippen LogP contribution in [-0.2, 0) is 17.3 Å². The van der Waals surface area contributed by atoms with Crippen molar-refractivity contribution in [1.29, 1.82) is 0 Å². The van der Waals surface area contributed by atoms with Crippen LogP contribution in [0.2, 0.25) is 10.0 Å². The second-order valence-corrected chi connectivity index (χ2v) is 8.81. The smallest absolute Gasteiger partial charge is 0.191 e. The van der Waals surface area contributed by atoms with Crippen LogP contribution in [0.4, 0.5) is 0 Å². The maximum atomic E-state index is 12.1. The first-order valence-electron chi connectivity index (χ1n) is 8.31. The summed E-state index contributed by atoms with van der Waals surface area (Å²) >= 11 is 12.1. The Morgan fingerprint density at radius 1 is 1.38 bits per heavy atom. The molecule has 3 unspecified atom stereocenters. The second kappa shape index (κ2) is 9.64. The molecule has 134 valence electrons. The maximum Gasteiger partial charge on any atom is 0.191 e. The van der Waals surface area contributed by atoms with Crippen molar-refractivity contribution in [3.63, 3.8) is 0 Å². The molecule has 0 aromatic heterocycles. The van der Waals surface area contributed by atoms with Gasteiger partial charge in [-0.1, -0.05) is 42.6 Å². The molecule has 0 saturated heterocycles. The van der Waals surface area contributed by atoms with E-state index in [1.807, 2.05) is 19.1 Å². The molecular weight excluding hydrogens is 365 g/mol. The summed E-state index contributed by atoms with van der Waals surface area (Å²) in [6.45, 7) is 2.57. The van der Waals surface area contributed by atoms with E-state index in [1.54, 1.807) is 13.1 Å². The zero-order valence-electron chi connectivity index (χ0n) is 14.1. The Labute approximate surface area is 156 Å². The van der Waals surface area contributed by atoms with E-state index in [1.165, 1.54) is 0 Å². The molecule has 1 aliphatic carbocycles. The Morgan fingerprint density at radius 2 is 2.17 bits per heavy atom. The third-order valence-corrected chi connectivity index (χ3v) is 6.64. The lowest BCUT2D eigenvalue weighted by molar-refractivity contribution is 0.413. The molecular formula is C17H25Cl2N3OS. The lowest BCUT2D eigenvalue weighted by Gasteiger charge is -2.30. The number of aliphatic imine (C=N–C) groups is 1. The molecule has 0 aliphatic heterocycles. The van der Waals surface area contributed by atoms with Gasteiger partial charge in [0.15, 0.2) is 5.96 Å². The van der Waals surface area contributed by atoms with Crippen LogP contribution in [0.15, 0.2) is 23.2 Å². The molecule has 0 spiro atoms. The van der Waals surface area contributed by atoms with Gasteiger partial charge in [0.25, 0.3) is 0 Å².